The van der Waals surface area contributed by atoms with Crippen LogP contribution in [0, 0.1) is 0 Å². The van der Waals surface area contributed by atoms with Crippen LogP contribution in [0.4, 0.5) is 5.69 Å². The fraction of sp³-hybridized carbons (Fsp3) is 0.667. The van der Waals surface area contributed by atoms with Crippen molar-refractivity contribution in [1.29, 1.82) is 0 Å². The third-order valence-electron chi connectivity index (χ3n) is 6.58. The maximum Gasteiger partial charge on any atom is 0.224 e. The summed E-state index contributed by atoms with van der Waals surface area (Å²) in [5.41, 5.74) is 3.66. The molecule has 1 unspecified atom stereocenters. The van der Waals surface area contributed by atoms with Crippen LogP contribution in [0.2, 0.25) is 0 Å². The first kappa shape index (κ1) is 20.4. The van der Waals surface area contributed by atoms with Crippen LogP contribution in [0.5, 0.6) is 0 Å². The molecule has 2 aromatic rings. The number of H-pyrrole nitrogens is 1. The number of aromatic nitrogens is 3. The Morgan fingerprint density at radius 2 is 1.93 bits per heavy atom. The predicted octanol–water partition coefficient (Wildman–Crippen LogP) is 2.83. The summed E-state index contributed by atoms with van der Waals surface area (Å²) in [6.07, 6.45) is 9.29. The summed E-state index contributed by atoms with van der Waals surface area (Å²) in [7, 11) is 0. The lowest BCUT2D eigenvalue weighted by Crippen LogP contribution is -2.50. The van der Waals surface area contributed by atoms with Crippen LogP contribution < -0.4 is 10.2 Å². The predicted molar refractivity (Wildman–Crippen MR) is 117 cm³/mol. The van der Waals surface area contributed by atoms with E-state index in [2.05, 4.69) is 39.2 Å². The molecule has 3 aliphatic rings. The molecule has 2 saturated heterocycles. The summed E-state index contributed by atoms with van der Waals surface area (Å²) in [6, 6.07) is 0.327. The number of piperazine rings is 1. The van der Waals surface area contributed by atoms with Crippen molar-refractivity contribution < 1.29 is 4.79 Å². The summed E-state index contributed by atoms with van der Waals surface area (Å²) in [5.74, 6) is 0.929. The summed E-state index contributed by atoms with van der Waals surface area (Å²) < 4.78 is 0. The molecule has 1 saturated carbocycles. The molecule has 0 aromatic carbocycles. The number of halogens is 1. The van der Waals surface area contributed by atoms with E-state index in [1.54, 1.807) is 0 Å². The molecule has 5 rings (SSSR count). The maximum atomic E-state index is 12.8. The number of carbonyl (C=O) groups excluding carboxylic acids is 1. The molecule has 1 aliphatic carbocycles. The number of hydrogen-bond acceptors (Lipinski definition) is 5. The number of aromatic amines is 1. The van der Waals surface area contributed by atoms with Gasteiger partial charge in [-0.2, -0.15) is 5.10 Å². The van der Waals surface area contributed by atoms with Crippen LogP contribution in [0.25, 0.3) is 11.0 Å². The average molecular weight is 419 g/mol. The van der Waals surface area contributed by atoms with E-state index < -0.39 is 0 Å². The maximum absolute atomic E-state index is 12.8. The van der Waals surface area contributed by atoms with Crippen molar-refractivity contribution in [3.05, 3.63) is 18.0 Å². The third-order valence-corrected chi connectivity index (χ3v) is 6.58. The third kappa shape index (κ3) is 4.08. The number of anilines is 1. The second kappa shape index (κ2) is 7.76. The highest BCUT2D eigenvalue weighted by atomic mass is 35.5. The Balaban J connectivity index is 0.00000205. The van der Waals surface area contributed by atoms with E-state index in [0.29, 0.717) is 24.3 Å². The van der Waals surface area contributed by atoms with Gasteiger partial charge in [-0.3, -0.25) is 9.89 Å². The minimum absolute atomic E-state index is 0. The average Bonchev–Trinajstić information content (AvgIpc) is 3.31. The van der Waals surface area contributed by atoms with E-state index in [1.807, 2.05) is 17.3 Å². The zero-order chi connectivity index (χ0) is 19.3. The van der Waals surface area contributed by atoms with Gasteiger partial charge >= 0.3 is 0 Å². The fourth-order valence-electron chi connectivity index (χ4n) is 4.85. The molecule has 3 fully saturated rings. The molecule has 0 radical (unpaired) electrons. The molecular weight excluding hydrogens is 388 g/mol. The second-order valence-electron chi connectivity index (χ2n) is 9.30. The normalized spacial score (nSPS) is 24.0. The van der Waals surface area contributed by atoms with Gasteiger partial charge in [0, 0.05) is 50.4 Å². The lowest BCUT2D eigenvalue weighted by Gasteiger charge is -2.37. The van der Waals surface area contributed by atoms with Crippen LogP contribution in [-0.4, -0.2) is 63.7 Å². The number of carbonyl (C=O) groups is 1. The van der Waals surface area contributed by atoms with Gasteiger partial charge in [-0.05, 0) is 51.0 Å². The number of nitrogens with zero attached hydrogens (tertiary/aromatic N) is 4. The van der Waals surface area contributed by atoms with Crippen molar-refractivity contribution in [2.75, 3.05) is 31.1 Å². The lowest BCUT2D eigenvalue weighted by molar-refractivity contribution is -0.132. The number of amides is 1. The SMILES string of the molecule is CC1(C)CCC(CC(=O)N2CCN(c3c(C4CC4)cnc4[nH]ncc34)CC2)N1.Cl. The van der Waals surface area contributed by atoms with Gasteiger partial charge in [-0.1, -0.05) is 0 Å². The Bertz CT molecular complexity index is 884. The zero-order valence-electron chi connectivity index (χ0n) is 17.3. The van der Waals surface area contributed by atoms with E-state index in [1.165, 1.54) is 24.1 Å². The van der Waals surface area contributed by atoms with Crippen molar-refractivity contribution >= 4 is 35.0 Å². The number of rotatable bonds is 4. The first-order valence-electron chi connectivity index (χ1n) is 10.6. The van der Waals surface area contributed by atoms with Gasteiger partial charge in [0.1, 0.15) is 0 Å². The van der Waals surface area contributed by atoms with E-state index in [9.17, 15) is 4.79 Å². The number of fused-ring (bicyclic) bond motifs is 1. The van der Waals surface area contributed by atoms with Gasteiger partial charge in [0.2, 0.25) is 5.91 Å². The van der Waals surface area contributed by atoms with Crippen molar-refractivity contribution in [2.24, 2.45) is 0 Å². The van der Waals surface area contributed by atoms with E-state index in [-0.39, 0.29) is 17.9 Å². The first-order valence-corrected chi connectivity index (χ1v) is 10.6. The Morgan fingerprint density at radius 3 is 2.59 bits per heavy atom. The lowest BCUT2D eigenvalue weighted by atomic mass is 10.0. The molecule has 1 amide bonds. The topological polar surface area (TPSA) is 77.2 Å². The Labute approximate surface area is 178 Å². The van der Waals surface area contributed by atoms with E-state index in [0.717, 1.165) is 50.1 Å². The molecule has 2 aromatic heterocycles. The van der Waals surface area contributed by atoms with Crippen molar-refractivity contribution in [3.8, 4) is 0 Å². The summed E-state index contributed by atoms with van der Waals surface area (Å²) >= 11 is 0. The van der Waals surface area contributed by atoms with Gasteiger partial charge in [0.15, 0.2) is 5.65 Å². The van der Waals surface area contributed by atoms with Gasteiger partial charge in [-0.25, -0.2) is 4.98 Å². The minimum Gasteiger partial charge on any atom is -0.367 e. The highest BCUT2D eigenvalue weighted by molar-refractivity contribution is 5.91. The molecule has 2 aliphatic heterocycles. The molecule has 7 nitrogen and oxygen atoms in total. The van der Waals surface area contributed by atoms with Crippen LogP contribution >= 0.6 is 12.4 Å². The summed E-state index contributed by atoms with van der Waals surface area (Å²) in [5, 5.41) is 11.9. The zero-order valence-corrected chi connectivity index (χ0v) is 18.1. The number of pyridine rings is 1. The molecule has 1 atom stereocenters. The molecule has 0 spiro atoms. The van der Waals surface area contributed by atoms with Crippen LogP contribution in [0.15, 0.2) is 12.4 Å². The standard InChI is InChI=1S/C21H30N6O.ClH/c1-21(2)6-5-15(24-21)11-18(28)26-7-9-27(10-8-26)19-16(14-3-4-14)12-22-20-17(19)13-23-25-20;/h12-15,24H,3-11H2,1-2H3,(H,22,23,25);1H. The number of nitrogens with one attached hydrogen (secondary N) is 2. The highest BCUT2D eigenvalue weighted by Gasteiger charge is 2.34. The Kier molecular flexibility index (Phi) is 5.46. The second-order valence-corrected chi connectivity index (χ2v) is 9.30. The summed E-state index contributed by atoms with van der Waals surface area (Å²) in [4.78, 5) is 21.8. The summed E-state index contributed by atoms with van der Waals surface area (Å²) in [6.45, 7) is 7.78. The molecule has 29 heavy (non-hydrogen) atoms. The van der Waals surface area contributed by atoms with E-state index >= 15 is 0 Å². The molecular formula is C21H31ClN6O. The molecule has 2 N–H and O–H groups in total. The Hall–Kier alpha value is -1.86. The number of hydrogen-bond donors (Lipinski definition) is 2. The molecule has 4 heterocycles. The largest absolute Gasteiger partial charge is 0.367 e. The van der Waals surface area contributed by atoms with Gasteiger partial charge in [0.25, 0.3) is 0 Å². The fourth-order valence-corrected chi connectivity index (χ4v) is 4.85. The van der Waals surface area contributed by atoms with Crippen molar-refractivity contribution in [2.45, 2.75) is 63.5 Å². The first-order chi connectivity index (χ1) is 13.5. The van der Waals surface area contributed by atoms with Crippen molar-refractivity contribution in [3.63, 3.8) is 0 Å². The quantitative estimate of drug-likeness (QED) is 0.798. The van der Waals surface area contributed by atoms with Crippen LogP contribution in [0.3, 0.4) is 0 Å². The van der Waals surface area contributed by atoms with Gasteiger partial charge in [-0.15, -0.1) is 12.4 Å². The molecule has 0 bridgehead atoms. The molecule has 158 valence electrons. The monoisotopic (exact) mass is 418 g/mol. The minimum atomic E-state index is 0. The highest BCUT2D eigenvalue weighted by Crippen LogP contribution is 2.46. The van der Waals surface area contributed by atoms with E-state index in [4.69, 9.17) is 0 Å². The van der Waals surface area contributed by atoms with Gasteiger partial charge in [0.05, 0.1) is 17.3 Å². The van der Waals surface area contributed by atoms with Crippen LogP contribution in [0.1, 0.15) is 57.4 Å². The molecule has 8 heteroatoms. The smallest absolute Gasteiger partial charge is 0.224 e. The van der Waals surface area contributed by atoms with Crippen LogP contribution in [-0.2, 0) is 4.79 Å². The van der Waals surface area contributed by atoms with Gasteiger partial charge < -0.3 is 15.1 Å². The van der Waals surface area contributed by atoms with Crippen molar-refractivity contribution in [1.82, 2.24) is 25.4 Å². The Morgan fingerprint density at radius 1 is 1.17 bits per heavy atom.